The first kappa shape index (κ1) is 5.44. The number of aryl methyl sites for hydroxylation is 1. The van der Waals surface area contributed by atoms with E-state index in [1.165, 1.54) is 11.3 Å². The quantitative estimate of drug-likeness (QED) is 0.526. The van der Waals surface area contributed by atoms with E-state index < -0.39 is 0 Å². The van der Waals surface area contributed by atoms with Crippen LogP contribution in [0.5, 0.6) is 0 Å². The zero-order valence-corrected chi connectivity index (χ0v) is 5.40. The predicted molar refractivity (Wildman–Crippen MR) is 36.1 cm³/mol. The summed E-state index contributed by atoms with van der Waals surface area (Å²) in [5.41, 5.74) is 1.01. The summed E-state index contributed by atoms with van der Waals surface area (Å²) in [5, 5.41) is 2.70. The summed E-state index contributed by atoms with van der Waals surface area (Å²) in [6.45, 7) is 5.28. The summed E-state index contributed by atoms with van der Waals surface area (Å²) in [6.07, 6.45) is 0. The molecule has 0 aliphatic heterocycles. The first-order valence-corrected chi connectivity index (χ1v) is 3.10. The zero-order valence-electron chi connectivity index (χ0n) is 4.59. The van der Waals surface area contributed by atoms with Crippen molar-refractivity contribution in [3.8, 4) is 0 Å². The molecule has 1 aromatic rings. The van der Waals surface area contributed by atoms with Crippen LogP contribution in [0, 0.1) is 6.92 Å². The molecule has 3 heteroatoms. The van der Waals surface area contributed by atoms with Gasteiger partial charge in [0.1, 0.15) is 0 Å². The number of hydrogen-bond donors (Lipinski definition) is 0. The lowest BCUT2D eigenvalue weighted by Gasteiger charge is -1.73. The van der Waals surface area contributed by atoms with Crippen molar-refractivity contribution in [2.24, 2.45) is 4.99 Å². The van der Waals surface area contributed by atoms with Crippen molar-refractivity contribution >= 4 is 23.2 Å². The smallest absolute Gasteiger partial charge is 0.208 e. The molecule has 0 saturated heterocycles. The fourth-order valence-electron chi connectivity index (χ4n) is 0.414. The van der Waals surface area contributed by atoms with E-state index in [0.717, 1.165) is 10.8 Å². The van der Waals surface area contributed by atoms with Gasteiger partial charge in [-0.1, -0.05) is 0 Å². The second-order valence-corrected chi connectivity index (χ2v) is 2.27. The number of nitrogens with zero attached hydrogens (tertiary/aromatic N) is 2. The van der Waals surface area contributed by atoms with Gasteiger partial charge >= 0.3 is 0 Å². The zero-order chi connectivity index (χ0) is 5.98. The van der Waals surface area contributed by atoms with Gasteiger partial charge < -0.3 is 0 Å². The molecule has 1 heterocycles. The predicted octanol–water partition coefficient (Wildman–Crippen LogP) is 1.78. The molecule has 0 radical (unpaired) electrons. The average molecular weight is 126 g/mol. The van der Waals surface area contributed by atoms with Gasteiger partial charge in [-0.3, -0.25) is 0 Å². The molecule has 2 nitrogen and oxygen atoms in total. The molecule has 0 bridgehead atoms. The lowest BCUT2D eigenvalue weighted by atomic mass is 10.6. The van der Waals surface area contributed by atoms with Crippen LogP contribution in [-0.4, -0.2) is 11.7 Å². The fraction of sp³-hybridized carbons (Fsp3) is 0.200. The van der Waals surface area contributed by atoms with Crippen molar-refractivity contribution in [2.45, 2.75) is 6.92 Å². The van der Waals surface area contributed by atoms with Crippen molar-refractivity contribution in [3.05, 3.63) is 11.1 Å². The van der Waals surface area contributed by atoms with E-state index >= 15 is 0 Å². The van der Waals surface area contributed by atoms with Crippen LogP contribution in [0.4, 0.5) is 5.13 Å². The van der Waals surface area contributed by atoms with Crippen LogP contribution in [0.3, 0.4) is 0 Å². The maximum Gasteiger partial charge on any atom is 0.208 e. The first-order chi connectivity index (χ1) is 3.83. The van der Waals surface area contributed by atoms with E-state index in [9.17, 15) is 0 Å². The van der Waals surface area contributed by atoms with Crippen molar-refractivity contribution in [1.82, 2.24) is 4.98 Å². The minimum absolute atomic E-state index is 0.752. The molecule has 0 amide bonds. The third-order valence-corrected chi connectivity index (χ3v) is 1.63. The van der Waals surface area contributed by atoms with E-state index in [0.29, 0.717) is 0 Å². The minimum atomic E-state index is 0.752. The van der Waals surface area contributed by atoms with Gasteiger partial charge in [0, 0.05) is 5.38 Å². The number of aliphatic imine (C=N–C) groups is 1. The van der Waals surface area contributed by atoms with E-state index in [2.05, 4.69) is 16.7 Å². The third kappa shape index (κ3) is 0.924. The highest BCUT2D eigenvalue weighted by molar-refractivity contribution is 7.13. The molecule has 0 fully saturated rings. The van der Waals surface area contributed by atoms with Gasteiger partial charge in [-0.2, -0.15) is 0 Å². The Bertz CT molecular complexity index is 192. The molecule has 8 heavy (non-hydrogen) atoms. The Morgan fingerprint density at radius 2 is 2.62 bits per heavy atom. The Morgan fingerprint density at radius 3 is 2.88 bits per heavy atom. The average Bonchev–Trinajstić information content (AvgIpc) is 2.14. The van der Waals surface area contributed by atoms with Crippen LogP contribution in [0.25, 0.3) is 0 Å². The lowest BCUT2D eigenvalue weighted by Crippen LogP contribution is -1.63. The molecule has 0 atom stereocenters. The van der Waals surface area contributed by atoms with E-state index in [1.807, 2.05) is 12.3 Å². The normalized spacial score (nSPS) is 9.12. The Kier molecular flexibility index (Phi) is 1.39. The maximum atomic E-state index is 4.02. The number of thiazole rings is 1. The van der Waals surface area contributed by atoms with Gasteiger partial charge in [0.15, 0.2) is 0 Å². The van der Waals surface area contributed by atoms with E-state index in [-0.39, 0.29) is 0 Å². The summed E-state index contributed by atoms with van der Waals surface area (Å²) in [6, 6.07) is 0. The van der Waals surface area contributed by atoms with Gasteiger partial charge in [-0.25, -0.2) is 9.98 Å². The summed E-state index contributed by atoms with van der Waals surface area (Å²) in [7, 11) is 0. The van der Waals surface area contributed by atoms with Crippen molar-refractivity contribution in [1.29, 1.82) is 0 Å². The van der Waals surface area contributed by atoms with Crippen LogP contribution in [0.15, 0.2) is 10.4 Å². The molecular formula is C5H6N2S. The largest absolute Gasteiger partial charge is 0.236 e. The lowest BCUT2D eigenvalue weighted by molar-refractivity contribution is 1.25. The van der Waals surface area contributed by atoms with Crippen molar-refractivity contribution in [2.75, 3.05) is 0 Å². The Morgan fingerprint density at radius 1 is 1.88 bits per heavy atom. The Balaban J connectivity index is 3.00. The highest BCUT2D eigenvalue weighted by atomic mass is 32.1. The highest BCUT2D eigenvalue weighted by Gasteiger charge is 1.90. The molecule has 1 rings (SSSR count). The third-order valence-electron chi connectivity index (χ3n) is 0.742. The first-order valence-electron chi connectivity index (χ1n) is 2.22. The van der Waals surface area contributed by atoms with Gasteiger partial charge in [0.2, 0.25) is 5.13 Å². The van der Waals surface area contributed by atoms with Crippen LogP contribution in [-0.2, 0) is 0 Å². The SMILES string of the molecule is C=Nc1nc(C)cs1. The second-order valence-electron chi connectivity index (χ2n) is 1.43. The fourth-order valence-corrected chi connectivity index (χ4v) is 1.01. The summed E-state index contributed by atoms with van der Waals surface area (Å²) in [5.74, 6) is 0. The molecule has 0 saturated carbocycles. The number of hydrogen-bond acceptors (Lipinski definition) is 3. The van der Waals surface area contributed by atoms with Crippen LogP contribution in [0.2, 0.25) is 0 Å². The molecule has 0 aromatic carbocycles. The minimum Gasteiger partial charge on any atom is -0.236 e. The Labute approximate surface area is 51.9 Å². The number of rotatable bonds is 1. The molecular weight excluding hydrogens is 120 g/mol. The van der Waals surface area contributed by atoms with Gasteiger partial charge in [-0.15, -0.1) is 11.3 Å². The molecule has 1 aromatic heterocycles. The topological polar surface area (TPSA) is 25.2 Å². The van der Waals surface area contributed by atoms with Gasteiger partial charge in [-0.05, 0) is 13.6 Å². The molecule has 0 aliphatic carbocycles. The van der Waals surface area contributed by atoms with Crippen molar-refractivity contribution in [3.63, 3.8) is 0 Å². The molecule has 0 spiro atoms. The molecule has 0 aliphatic rings. The van der Waals surface area contributed by atoms with Gasteiger partial charge in [0.05, 0.1) is 5.69 Å². The van der Waals surface area contributed by atoms with Crippen molar-refractivity contribution < 1.29 is 0 Å². The number of aromatic nitrogens is 1. The standard InChI is InChI=1S/C5H6N2S/c1-4-3-8-5(6-2)7-4/h3H,2H2,1H3. The summed E-state index contributed by atoms with van der Waals surface area (Å²) in [4.78, 5) is 7.67. The van der Waals surface area contributed by atoms with Crippen LogP contribution in [0.1, 0.15) is 5.69 Å². The second kappa shape index (κ2) is 2.05. The summed E-state index contributed by atoms with van der Waals surface area (Å²) >= 11 is 1.51. The maximum absolute atomic E-state index is 4.02. The molecule has 0 unspecified atom stereocenters. The van der Waals surface area contributed by atoms with E-state index in [1.54, 1.807) is 0 Å². The van der Waals surface area contributed by atoms with Crippen LogP contribution >= 0.6 is 11.3 Å². The van der Waals surface area contributed by atoms with Gasteiger partial charge in [0.25, 0.3) is 0 Å². The monoisotopic (exact) mass is 126 g/mol. The summed E-state index contributed by atoms with van der Waals surface area (Å²) < 4.78 is 0. The highest BCUT2D eigenvalue weighted by Crippen LogP contribution is 2.16. The van der Waals surface area contributed by atoms with Crippen LogP contribution < -0.4 is 0 Å². The molecule has 0 N–H and O–H groups in total. The Hall–Kier alpha value is -0.700. The van der Waals surface area contributed by atoms with E-state index in [4.69, 9.17) is 0 Å². The molecule has 42 valence electrons.